The van der Waals surface area contributed by atoms with Crippen LogP contribution in [0, 0.1) is 11.8 Å². The second-order valence-electron chi connectivity index (χ2n) is 14.8. The van der Waals surface area contributed by atoms with Gasteiger partial charge in [-0.1, -0.05) is 26.0 Å². The molecule has 4 aromatic rings. The van der Waals surface area contributed by atoms with Crippen LogP contribution in [0.2, 0.25) is 0 Å². The van der Waals surface area contributed by atoms with E-state index in [-0.39, 0.29) is 17.6 Å². The third-order valence-electron chi connectivity index (χ3n) is 11.2. The third-order valence-corrected chi connectivity index (χ3v) is 11.2. The molecule has 53 heavy (non-hydrogen) atoms. The van der Waals surface area contributed by atoms with Crippen molar-refractivity contribution in [1.82, 2.24) is 25.0 Å². The number of nitrogens with one attached hydrogen (secondary N) is 1. The highest BCUT2D eigenvalue weighted by molar-refractivity contribution is 5.86. The van der Waals surface area contributed by atoms with Gasteiger partial charge in [0.1, 0.15) is 17.9 Å². The number of hydrogen-bond donors (Lipinski definition) is 5. The first-order valence-corrected chi connectivity index (χ1v) is 18.8. The van der Waals surface area contributed by atoms with Gasteiger partial charge in [-0.25, -0.2) is 9.97 Å². The van der Waals surface area contributed by atoms with Gasteiger partial charge < -0.3 is 50.5 Å². The molecule has 2 aliphatic heterocycles. The predicted octanol–water partition coefficient (Wildman–Crippen LogP) is 5.46. The molecule has 1 saturated heterocycles. The van der Waals surface area contributed by atoms with Crippen LogP contribution in [0.15, 0.2) is 47.2 Å². The molecule has 1 atom stereocenters. The first kappa shape index (κ1) is 37.9. The van der Waals surface area contributed by atoms with E-state index >= 15 is 0 Å². The van der Waals surface area contributed by atoms with Gasteiger partial charge in [-0.05, 0) is 98.3 Å². The zero-order valence-corrected chi connectivity index (χ0v) is 31.1. The maximum Gasteiger partial charge on any atom is 0.254 e. The Kier molecular flexibility index (Phi) is 12.4. The van der Waals surface area contributed by atoms with Crippen LogP contribution in [0.1, 0.15) is 97.9 Å². The van der Waals surface area contributed by atoms with Gasteiger partial charge >= 0.3 is 0 Å². The van der Waals surface area contributed by atoms with Gasteiger partial charge in [0.2, 0.25) is 5.95 Å². The molecule has 13 nitrogen and oxygen atoms in total. The molecule has 0 amide bonds. The number of anilines is 2. The molecule has 7 rings (SSSR count). The number of aromatic nitrogens is 4. The van der Waals surface area contributed by atoms with Gasteiger partial charge in [-0.2, -0.15) is 0 Å². The molecular formula is C40H54N8O5. The number of phenolic OH excluding ortho intramolecular Hbond substituents is 1. The average Bonchev–Trinajstić information content (AvgIpc) is 3.78. The number of aromatic amines is 1. The number of carbonyl (C=O) groups is 1. The van der Waals surface area contributed by atoms with Crippen molar-refractivity contribution in [2.24, 2.45) is 17.6 Å². The molecular weight excluding hydrogens is 672 g/mol. The number of hydrogen-bond acceptors (Lipinski definition) is 12. The number of aldehydes is 1. The minimum absolute atomic E-state index is 0.136. The minimum atomic E-state index is -0.294. The lowest BCUT2D eigenvalue weighted by Gasteiger charge is -2.40. The summed E-state index contributed by atoms with van der Waals surface area (Å²) < 4.78 is 11.4. The Morgan fingerprint density at radius 1 is 1.08 bits per heavy atom. The summed E-state index contributed by atoms with van der Waals surface area (Å²) in [5.41, 5.74) is 18.1. The summed E-state index contributed by atoms with van der Waals surface area (Å²) in [7, 11) is 1.00. The SMILES string of the molecule is CC(C)C(C=O)c1cc(OCC2CCC(N3CCC(c4cnc(N5CCc6[nH]c(N)c(/C=C(\N)c7ccccc7O)c6C5)nc4)CC3)CC2)no1.CO. The molecule has 3 aromatic heterocycles. The van der Waals surface area contributed by atoms with Gasteiger partial charge in [-0.3, -0.25) is 0 Å². The number of benzene rings is 1. The number of para-hydroxylation sites is 1. The highest BCUT2D eigenvalue weighted by Crippen LogP contribution is 2.36. The molecule has 0 bridgehead atoms. The summed E-state index contributed by atoms with van der Waals surface area (Å²) in [6.45, 7) is 8.23. The Hall–Kier alpha value is -4.88. The molecule has 284 valence electrons. The van der Waals surface area contributed by atoms with Gasteiger partial charge in [-0.15, -0.1) is 0 Å². The zero-order valence-electron chi connectivity index (χ0n) is 31.1. The minimum Gasteiger partial charge on any atom is -0.507 e. The monoisotopic (exact) mass is 726 g/mol. The van der Waals surface area contributed by atoms with Crippen molar-refractivity contribution < 1.29 is 24.3 Å². The van der Waals surface area contributed by atoms with Crippen LogP contribution in [0.3, 0.4) is 0 Å². The molecule has 3 aliphatic rings. The summed E-state index contributed by atoms with van der Waals surface area (Å²) in [4.78, 5) is 29.3. The average molecular weight is 727 g/mol. The summed E-state index contributed by atoms with van der Waals surface area (Å²) in [5, 5.41) is 21.3. The van der Waals surface area contributed by atoms with Crippen molar-refractivity contribution in [3.8, 4) is 11.6 Å². The third kappa shape index (κ3) is 8.68. The van der Waals surface area contributed by atoms with Crippen LogP contribution in [-0.4, -0.2) is 80.9 Å². The molecule has 1 aliphatic carbocycles. The van der Waals surface area contributed by atoms with Crippen molar-refractivity contribution in [3.63, 3.8) is 0 Å². The number of nitrogens with two attached hydrogens (primary N) is 2. The number of ether oxygens (including phenoxy) is 1. The molecule has 0 spiro atoms. The van der Waals surface area contributed by atoms with E-state index < -0.39 is 0 Å². The Morgan fingerprint density at radius 3 is 2.47 bits per heavy atom. The van der Waals surface area contributed by atoms with Gasteiger partial charge in [0.05, 0.1) is 12.5 Å². The maximum atomic E-state index is 11.4. The largest absolute Gasteiger partial charge is 0.507 e. The van der Waals surface area contributed by atoms with Gasteiger partial charge in [0.25, 0.3) is 5.88 Å². The summed E-state index contributed by atoms with van der Waals surface area (Å²) in [6, 6.07) is 9.43. The molecule has 1 aromatic carbocycles. The van der Waals surface area contributed by atoms with E-state index in [0.717, 1.165) is 87.9 Å². The van der Waals surface area contributed by atoms with E-state index in [1.807, 2.05) is 38.4 Å². The normalized spacial score (nSPS) is 20.4. The van der Waals surface area contributed by atoms with Crippen LogP contribution in [0.5, 0.6) is 11.6 Å². The number of fused-ring (bicyclic) bond motifs is 1. The molecule has 13 heteroatoms. The van der Waals surface area contributed by atoms with E-state index in [1.54, 1.807) is 24.3 Å². The zero-order chi connectivity index (χ0) is 37.5. The van der Waals surface area contributed by atoms with E-state index in [1.165, 1.54) is 18.4 Å². The number of nitrogen functional groups attached to an aromatic ring is 1. The summed E-state index contributed by atoms with van der Waals surface area (Å²) in [5.74, 6) is 3.31. The van der Waals surface area contributed by atoms with Crippen molar-refractivity contribution in [2.45, 2.75) is 83.2 Å². The fourth-order valence-electron chi connectivity index (χ4n) is 8.06. The van der Waals surface area contributed by atoms with Crippen LogP contribution < -0.4 is 21.1 Å². The maximum absolute atomic E-state index is 11.4. The number of phenols is 1. The quantitative estimate of drug-likeness (QED) is 0.123. The van der Waals surface area contributed by atoms with Crippen LogP contribution in [-0.2, 0) is 17.8 Å². The number of aliphatic hydroxyl groups excluding tert-OH is 1. The van der Waals surface area contributed by atoms with E-state index in [2.05, 4.69) is 19.9 Å². The first-order valence-electron chi connectivity index (χ1n) is 18.8. The number of likely N-dealkylation sites (tertiary alicyclic amines) is 1. The van der Waals surface area contributed by atoms with E-state index in [4.69, 9.17) is 35.8 Å². The Morgan fingerprint density at radius 2 is 1.79 bits per heavy atom. The van der Waals surface area contributed by atoms with Gasteiger partial charge in [0.15, 0.2) is 5.76 Å². The van der Waals surface area contributed by atoms with Crippen molar-refractivity contribution in [3.05, 3.63) is 76.4 Å². The standard InChI is InChI=1S/C39H50N8O4.CH4O/c1-24(2)32(22-48)36-18-37(45-51-36)50-23-25-7-9-28(10-8-25)46-14-11-26(12-15-46)27-19-42-39(43-20-27)47-16-13-34-31(21-47)30(38(41)44-34)17-33(40)29-5-3-4-6-35(29)49;1-2/h3-6,17-20,22,24-26,28,32,44,49H,7-16,21,23,40-41H2,1-2H3;2H,1H3/b33-17-;. The fourth-order valence-corrected chi connectivity index (χ4v) is 8.06. The number of aliphatic hydroxyl groups is 1. The molecule has 0 radical (unpaired) electrons. The molecule has 5 heterocycles. The molecule has 7 N–H and O–H groups in total. The number of aromatic hydroxyl groups is 1. The van der Waals surface area contributed by atoms with E-state index in [9.17, 15) is 9.90 Å². The number of H-pyrrole nitrogens is 1. The second kappa shape index (κ2) is 17.3. The number of piperidine rings is 1. The highest BCUT2D eigenvalue weighted by Gasteiger charge is 2.31. The molecule has 1 unspecified atom stereocenters. The molecule has 2 fully saturated rings. The smallest absolute Gasteiger partial charge is 0.254 e. The van der Waals surface area contributed by atoms with Crippen LogP contribution in [0.25, 0.3) is 11.8 Å². The lowest BCUT2D eigenvalue weighted by atomic mass is 9.83. The number of nitrogens with zero attached hydrogens (tertiary/aromatic N) is 5. The van der Waals surface area contributed by atoms with Crippen molar-refractivity contribution in [2.75, 3.05) is 44.0 Å². The lowest BCUT2D eigenvalue weighted by Crippen LogP contribution is -2.43. The summed E-state index contributed by atoms with van der Waals surface area (Å²) >= 11 is 0. The van der Waals surface area contributed by atoms with E-state index in [0.29, 0.717) is 59.7 Å². The van der Waals surface area contributed by atoms with Crippen molar-refractivity contribution in [1.29, 1.82) is 0 Å². The van der Waals surface area contributed by atoms with Crippen LogP contribution >= 0.6 is 0 Å². The fraction of sp³-hybridized carbons (Fsp3) is 0.500. The topological polar surface area (TPSA) is 193 Å². The first-order chi connectivity index (χ1) is 25.8. The lowest BCUT2D eigenvalue weighted by molar-refractivity contribution is -0.110. The number of carbonyl (C=O) groups excluding carboxylic acids is 1. The highest BCUT2D eigenvalue weighted by atomic mass is 16.5. The Balaban J connectivity index is 0.00000236. The second-order valence-corrected chi connectivity index (χ2v) is 14.8. The van der Waals surface area contributed by atoms with Crippen LogP contribution in [0.4, 0.5) is 11.8 Å². The Labute approximate surface area is 311 Å². The van der Waals surface area contributed by atoms with Crippen molar-refractivity contribution >= 4 is 29.8 Å². The predicted molar refractivity (Wildman–Crippen MR) is 205 cm³/mol. The molecule has 1 saturated carbocycles. The number of rotatable bonds is 11. The van der Waals surface area contributed by atoms with Gasteiger partial charge in [0, 0.05) is 79.2 Å². The summed E-state index contributed by atoms with van der Waals surface area (Å²) in [6.07, 6.45) is 14.5. The Bertz CT molecular complexity index is 1820.